The number of carbonyl (C=O) groups is 2. The Labute approximate surface area is 171 Å². The minimum Gasteiger partial charge on any atom is -0.385 e. The molecule has 0 saturated carbocycles. The minimum absolute atomic E-state index is 0.123. The van der Waals surface area contributed by atoms with Gasteiger partial charge in [-0.05, 0) is 29.7 Å². The molecule has 6 heteroatoms. The maximum atomic E-state index is 13.3. The molecule has 0 fully saturated rings. The summed E-state index contributed by atoms with van der Waals surface area (Å²) in [6.45, 7) is 3.05. The number of carbonyl (C=O) groups excluding carboxylic acids is 2. The second-order valence-electron chi connectivity index (χ2n) is 6.84. The SMILES string of the molecule is CCC(=O)N(Cc1ccc(F)cc1)[C@H](Cc1ccccc1)C(=O)NCCCOC. The van der Waals surface area contributed by atoms with Gasteiger partial charge in [-0.25, -0.2) is 4.39 Å². The van der Waals surface area contributed by atoms with Gasteiger partial charge in [0.15, 0.2) is 0 Å². The van der Waals surface area contributed by atoms with Crippen LogP contribution in [0.5, 0.6) is 0 Å². The molecule has 1 atom stereocenters. The second kappa shape index (κ2) is 12.0. The van der Waals surface area contributed by atoms with Gasteiger partial charge in [0, 0.05) is 39.6 Å². The van der Waals surface area contributed by atoms with Crippen molar-refractivity contribution in [3.8, 4) is 0 Å². The lowest BCUT2D eigenvalue weighted by Gasteiger charge is -2.31. The van der Waals surface area contributed by atoms with Crippen LogP contribution in [0.25, 0.3) is 0 Å². The van der Waals surface area contributed by atoms with E-state index in [4.69, 9.17) is 4.74 Å². The average molecular weight is 400 g/mol. The number of hydrogen-bond donors (Lipinski definition) is 1. The molecule has 0 aromatic heterocycles. The monoisotopic (exact) mass is 400 g/mol. The first-order chi connectivity index (χ1) is 14.0. The van der Waals surface area contributed by atoms with Gasteiger partial charge in [0.1, 0.15) is 11.9 Å². The lowest BCUT2D eigenvalue weighted by atomic mass is 10.0. The van der Waals surface area contributed by atoms with Gasteiger partial charge in [-0.1, -0.05) is 49.4 Å². The number of rotatable bonds is 11. The van der Waals surface area contributed by atoms with Gasteiger partial charge in [-0.2, -0.15) is 0 Å². The first-order valence-corrected chi connectivity index (χ1v) is 9.89. The molecule has 0 aliphatic carbocycles. The van der Waals surface area contributed by atoms with E-state index in [-0.39, 0.29) is 30.6 Å². The smallest absolute Gasteiger partial charge is 0.243 e. The van der Waals surface area contributed by atoms with E-state index in [9.17, 15) is 14.0 Å². The zero-order valence-corrected chi connectivity index (χ0v) is 17.1. The summed E-state index contributed by atoms with van der Waals surface area (Å²) in [5.41, 5.74) is 1.75. The third kappa shape index (κ3) is 7.31. The Morgan fingerprint density at radius 3 is 2.38 bits per heavy atom. The zero-order valence-electron chi connectivity index (χ0n) is 17.1. The van der Waals surface area contributed by atoms with Gasteiger partial charge >= 0.3 is 0 Å². The van der Waals surface area contributed by atoms with Crippen molar-refractivity contribution in [1.29, 1.82) is 0 Å². The van der Waals surface area contributed by atoms with Crippen LogP contribution >= 0.6 is 0 Å². The van der Waals surface area contributed by atoms with Crippen molar-refractivity contribution < 1.29 is 18.7 Å². The van der Waals surface area contributed by atoms with Crippen LogP contribution in [0.4, 0.5) is 4.39 Å². The number of ether oxygens (including phenoxy) is 1. The van der Waals surface area contributed by atoms with E-state index in [0.29, 0.717) is 26.0 Å². The van der Waals surface area contributed by atoms with Crippen molar-refractivity contribution in [3.63, 3.8) is 0 Å². The Hall–Kier alpha value is -2.73. The van der Waals surface area contributed by atoms with Gasteiger partial charge in [-0.3, -0.25) is 9.59 Å². The highest BCUT2D eigenvalue weighted by Gasteiger charge is 2.29. The van der Waals surface area contributed by atoms with Crippen LogP contribution in [0.15, 0.2) is 54.6 Å². The standard InChI is InChI=1S/C23H29FN2O3/c1-3-22(27)26(17-19-10-12-20(24)13-11-19)21(16-18-8-5-4-6-9-18)23(28)25-14-7-15-29-2/h4-6,8-13,21H,3,7,14-17H2,1-2H3,(H,25,28)/t21-/m1/s1. The summed E-state index contributed by atoms with van der Waals surface area (Å²) in [5, 5.41) is 2.92. The highest BCUT2D eigenvalue weighted by Crippen LogP contribution is 2.16. The van der Waals surface area contributed by atoms with Crippen molar-refractivity contribution in [2.24, 2.45) is 0 Å². The summed E-state index contributed by atoms with van der Waals surface area (Å²) in [6, 6.07) is 15.0. The molecule has 0 saturated heterocycles. The lowest BCUT2D eigenvalue weighted by molar-refractivity contribution is -0.141. The van der Waals surface area contributed by atoms with Crippen molar-refractivity contribution in [2.45, 2.75) is 38.8 Å². The van der Waals surface area contributed by atoms with Crippen molar-refractivity contribution >= 4 is 11.8 Å². The van der Waals surface area contributed by atoms with Crippen molar-refractivity contribution in [3.05, 3.63) is 71.5 Å². The number of benzene rings is 2. The Balaban J connectivity index is 2.25. The molecule has 0 bridgehead atoms. The summed E-state index contributed by atoms with van der Waals surface area (Å²) < 4.78 is 18.3. The first-order valence-electron chi connectivity index (χ1n) is 9.89. The van der Waals surface area contributed by atoms with E-state index in [1.807, 2.05) is 30.3 Å². The summed E-state index contributed by atoms with van der Waals surface area (Å²) in [6.07, 6.45) is 1.38. The molecule has 2 aromatic carbocycles. The summed E-state index contributed by atoms with van der Waals surface area (Å²) in [7, 11) is 1.62. The maximum Gasteiger partial charge on any atom is 0.243 e. The maximum absolute atomic E-state index is 13.3. The average Bonchev–Trinajstić information content (AvgIpc) is 2.75. The second-order valence-corrected chi connectivity index (χ2v) is 6.84. The van der Waals surface area contributed by atoms with E-state index in [1.165, 1.54) is 12.1 Å². The molecule has 0 spiro atoms. The summed E-state index contributed by atoms with van der Waals surface area (Å²) in [4.78, 5) is 27.3. The number of hydrogen-bond acceptors (Lipinski definition) is 3. The van der Waals surface area contributed by atoms with Gasteiger partial charge in [0.25, 0.3) is 0 Å². The Morgan fingerprint density at radius 1 is 1.07 bits per heavy atom. The van der Waals surface area contributed by atoms with Crippen LogP contribution < -0.4 is 5.32 Å². The molecule has 1 N–H and O–H groups in total. The van der Waals surface area contributed by atoms with Crippen molar-refractivity contribution in [1.82, 2.24) is 10.2 Å². The zero-order chi connectivity index (χ0) is 21.1. The first kappa shape index (κ1) is 22.6. The molecule has 0 heterocycles. The largest absolute Gasteiger partial charge is 0.385 e. The quantitative estimate of drug-likeness (QED) is 0.589. The molecule has 29 heavy (non-hydrogen) atoms. The summed E-state index contributed by atoms with van der Waals surface area (Å²) in [5.74, 6) is -0.657. The normalized spacial score (nSPS) is 11.7. The van der Waals surface area contributed by atoms with Crippen LogP contribution in [0.2, 0.25) is 0 Å². The third-order valence-corrected chi connectivity index (χ3v) is 4.66. The third-order valence-electron chi connectivity index (χ3n) is 4.66. The van der Waals surface area contributed by atoms with Gasteiger partial charge < -0.3 is 15.0 Å². The molecule has 0 unspecified atom stereocenters. The van der Waals surface area contributed by atoms with Crippen LogP contribution in [0.1, 0.15) is 30.9 Å². The van der Waals surface area contributed by atoms with Crippen molar-refractivity contribution in [2.75, 3.05) is 20.3 Å². The molecule has 0 radical (unpaired) electrons. The predicted molar refractivity (Wildman–Crippen MR) is 111 cm³/mol. The van der Waals surface area contributed by atoms with E-state index >= 15 is 0 Å². The van der Waals surface area contributed by atoms with Crippen LogP contribution in [0.3, 0.4) is 0 Å². The molecular weight excluding hydrogens is 371 g/mol. The summed E-state index contributed by atoms with van der Waals surface area (Å²) >= 11 is 0. The molecule has 5 nitrogen and oxygen atoms in total. The van der Waals surface area contributed by atoms with Crippen LogP contribution in [0, 0.1) is 5.82 Å². The van der Waals surface area contributed by atoms with E-state index in [0.717, 1.165) is 11.1 Å². The highest BCUT2D eigenvalue weighted by molar-refractivity contribution is 5.87. The van der Waals surface area contributed by atoms with Gasteiger partial charge in [0.2, 0.25) is 11.8 Å². The molecular formula is C23H29FN2O3. The predicted octanol–water partition coefficient (Wildman–Crippen LogP) is 3.33. The fourth-order valence-electron chi connectivity index (χ4n) is 3.09. The fraction of sp³-hybridized carbons (Fsp3) is 0.391. The molecule has 2 amide bonds. The van der Waals surface area contributed by atoms with Crippen LogP contribution in [-0.4, -0.2) is 43.0 Å². The molecule has 2 rings (SSSR count). The number of amides is 2. The van der Waals surface area contributed by atoms with E-state index in [1.54, 1.807) is 31.1 Å². The number of methoxy groups -OCH3 is 1. The van der Waals surface area contributed by atoms with E-state index in [2.05, 4.69) is 5.32 Å². The molecule has 156 valence electrons. The number of nitrogens with zero attached hydrogens (tertiary/aromatic N) is 1. The number of nitrogens with one attached hydrogen (secondary N) is 1. The molecule has 0 aliphatic rings. The van der Waals surface area contributed by atoms with Crippen LogP contribution in [-0.2, 0) is 27.3 Å². The Morgan fingerprint density at radius 2 is 1.76 bits per heavy atom. The molecule has 2 aromatic rings. The van der Waals surface area contributed by atoms with Gasteiger partial charge in [0.05, 0.1) is 0 Å². The topological polar surface area (TPSA) is 58.6 Å². The highest BCUT2D eigenvalue weighted by atomic mass is 19.1. The Kier molecular flexibility index (Phi) is 9.31. The van der Waals surface area contributed by atoms with Gasteiger partial charge in [-0.15, -0.1) is 0 Å². The molecule has 0 aliphatic heterocycles. The number of halogens is 1. The fourth-order valence-corrected chi connectivity index (χ4v) is 3.09. The minimum atomic E-state index is -0.655. The Bertz CT molecular complexity index is 765. The lowest BCUT2D eigenvalue weighted by Crippen LogP contribution is -2.50. The van der Waals surface area contributed by atoms with E-state index < -0.39 is 6.04 Å².